The lowest BCUT2D eigenvalue weighted by Gasteiger charge is -2.30. The Kier molecular flexibility index (Phi) is 6.42. The Morgan fingerprint density at radius 3 is 2.14 bits per heavy atom. The van der Waals surface area contributed by atoms with Crippen molar-refractivity contribution in [1.29, 1.82) is 0 Å². The number of aliphatic hydroxyl groups excluding tert-OH is 1. The SMILES string of the molecule is Cc1cc(C)c2c(c1)c(-c1ccccc1)c(-c1ccccc1)n2C[C@@H](O)CN1CCc2ccccc2C1. The van der Waals surface area contributed by atoms with E-state index in [4.69, 9.17) is 0 Å². The molecule has 1 atom stereocenters. The second-order valence-corrected chi connectivity index (χ2v) is 10.5. The van der Waals surface area contributed by atoms with Gasteiger partial charge in [0.2, 0.25) is 0 Å². The van der Waals surface area contributed by atoms with Crippen molar-refractivity contribution in [3.63, 3.8) is 0 Å². The average molecular weight is 487 g/mol. The standard InChI is InChI=1S/C34H34N2O/c1-24-19-25(2)33-31(20-24)32(27-12-5-3-6-13-27)34(28-14-7-4-8-15-28)36(33)23-30(37)22-35-18-17-26-11-9-10-16-29(26)21-35/h3-16,19-20,30,37H,17-18,21-23H2,1-2H3/t30-/m0/s1. The van der Waals surface area contributed by atoms with Gasteiger partial charge in [0.1, 0.15) is 0 Å². The van der Waals surface area contributed by atoms with Crippen molar-refractivity contribution in [2.75, 3.05) is 13.1 Å². The topological polar surface area (TPSA) is 28.4 Å². The third-order valence-corrected chi connectivity index (χ3v) is 7.67. The zero-order valence-electron chi connectivity index (χ0n) is 21.7. The maximum Gasteiger partial charge on any atom is 0.0846 e. The summed E-state index contributed by atoms with van der Waals surface area (Å²) in [5.74, 6) is 0. The molecule has 4 aromatic carbocycles. The number of aryl methyl sites for hydroxylation is 2. The average Bonchev–Trinajstić information content (AvgIpc) is 3.23. The predicted molar refractivity (Wildman–Crippen MR) is 154 cm³/mol. The predicted octanol–water partition coefficient (Wildman–Crippen LogP) is 7.01. The van der Waals surface area contributed by atoms with Crippen LogP contribution in [0, 0.1) is 13.8 Å². The summed E-state index contributed by atoms with van der Waals surface area (Å²) in [5, 5.41) is 12.7. The van der Waals surface area contributed by atoms with Crippen LogP contribution in [0.2, 0.25) is 0 Å². The number of rotatable bonds is 6. The van der Waals surface area contributed by atoms with Crippen LogP contribution in [-0.4, -0.2) is 33.8 Å². The third kappa shape index (κ3) is 4.61. The molecule has 0 saturated carbocycles. The number of hydrogen-bond donors (Lipinski definition) is 1. The Morgan fingerprint density at radius 1 is 0.757 bits per heavy atom. The van der Waals surface area contributed by atoms with Gasteiger partial charge in [-0.05, 0) is 54.2 Å². The highest BCUT2D eigenvalue weighted by atomic mass is 16.3. The second kappa shape index (κ2) is 10.0. The summed E-state index contributed by atoms with van der Waals surface area (Å²) in [7, 11) is 0. The lowest BCUT2D eigenvalue weighted by Crippen LogP contribution is -2.38. The summed E-state index contributed by atoms with van der Waals surface area (Å²) in [6.07, 6.45) is 0.564. The van der Waals surface area contributed by atoms with E-state index < -0.39 is 6.10 Å². The first-order valence-electron chi connectivity index (χ1n) is 13.3. The van der Waals surface area contributed by atoms with Gasteiger partial charge in [-0.1, -0.05) is 96.6 Å². The maximum atomic E-state index is 11.5. The molecule has 0 aliphatic carbocycles. The molecule has 37 heavy (non-hydrogen) atoms. The number of nitrogens with zero attached hydrogens (tertiary/aromatic N) is 2. The first kappa shape index (κ1) is 23.7. The molecule has 0 saturated heterocycles. The molecule has 0 spiro atoms. The molecule has 5 aromatic rings. The summed E-state index contributed by atoms with van der Waals surface area (Å²) < 4.78 is 2.38. The van der Waals surface area contributed by atoms with Gasteiger partial charge in [-0.25, -0.2) is 0 Å². The van der Waals surface area contributed by atoms with Gasteiger partial charge in [0.15, 0.2) is 0 Å². The van der Waals surface area contributed by atoms with Gasteiger partial charge in [0.05, 0.1) is 23.9 Å². The number of hydrogen-bond acceptors (Lipinski definition) is 2. The van der Waals surface area contributed by atoms with Crippen LogP contribution in [0.5, 0.6) is 0 Å². The van der Waals surface area contributed by atoms with Crippen LogP contribution in [-0.2, 0) is 19.5 Å². The van der Waals surface area contributed by atoms with Gasteiger partial charge < -0.3 is 9.67 Å². The zero-order valence-corrected chi connectivity index (χ0v) is 21.7. The van der Waals surface area contributed by atoms with Gasteiger partial charge >= 0.3 is 0 Å². The van der Waals surface area contributed by atoms with Gasteiger partial charge in [0, 0.05) is 30.6 Å². The molecule has 6 rings (SSSR count). The summed E-state index contributed by atoms with van der Waals surface area (Å²) in [6.45, 7) is 7.47. The molecule has 1 N–H and O–H groups in total. The highest BCUT2D eigenvalue weighted by Crippen LogP contribution is 2.42. The highest BCUT2D eigenvalue weighted by molar-refractivity contribution is 6.06. The normalized spacial score (nSPS) is 14.6. The van der Waals surface area contributed by atoms with E-state index in [2.05, 4.69) is 120 Å². The molecule has 3 heteroatoms. The quantitative estimate of drug-likeness (QED) is 0.280. The molecular weight excluding hydrogens is 452 g/mol. The Labute approximate surface area is 219 Å². The number of fused-ring (bicyclic) bond motifs is 2. The van der Waals surface area contributed by atoms with E-state index in [0.717, 1.165) is 19.5 Å². The van der Waals surface area contributed by atoms with Crippen molar-refractivity contribution < 1.29 is 5.11 Å². The molecule has 0 amide bonds. The van der Waals surface area contributed by atoms with Crippen molar-refractivity contribution >= 4 is 10.9 Å². The number of benzene rings is 4. The van der Waals surface area contributed by atoms with Gasteiger partial charge in [0.25, 0.3) is 0 Å². The minimum atomic E-state index is -0.479. The minimum absolute atomic E-state index is 0.479. The van der Waals surface area contributed by atoms with Crippen LogP contribution in [0.4, 0.5) is 0 Å². The van der Waals surface area contributed by atoms with E-state index in [1.54, 1.807) is 0 Å². The first-order valence-corrected chi connectivity index (χ1v) is 13.3. The van der Waals surface area contributed by atoms with E-state index in [9.17, 15) is 5.11 Å². The van der Waals surface area contributed by atoms with Crippen molar-refractivity contribution in [3.8, 4) is 22.4 Å². The van der Waals surface area contributed by atoms with E-state index >= 15 is 0 Å². The van der Waals surface area contributed by atoms with E-state index in [0.29, 0.717) is 13.1 Å². The van der Waals surface area contributed by atoms with E-state index in [1.807, 2.05) is 0 Å². The Morgan fingerprint density at radius 2 is 1.41 bits per heavy atom. The Hall–Kier alpha value is -3.66. The van der Waals surface area contributed by atoms with Crippen LogP contribution in [0.25, 0.3) is 33.3 Å². The van der Waals surface area contributed by atoms with Gasteiger partial charge in [-0.2, -0.15) is 0 Å². The smallest absolute Gasteiger partial charge is 0.0846 e. The molecule has 1 aliphatic rings. The van der Waals surface area contributed by atoms with Crippen LogP contribution in [0.1, 0.15) is 22.3 Å². The van der Waals surface area contributed by atoms with Crippen LogP contribution in [0.15, 0.2) is 97.1 Å². The first-order chi connectivity index (χ1) is 18.1. The molecule has 2 heterocycles. The van der Waals surface area contributed by atoms with Crippen LogP contribution >= 0.6 is 0 Å². The maximum absolute atomic E-state index is 11.5. The van der Waals surface area contributed by atoms with Crippen molar-refractivity contribution in [1.82, 2.24) is 9.47 Å². The van der Waals surface area contributed by atoms with Crippen molar-refractivity contribution in [2.45, 2.75) is 39.5 Å². The highest BCUT2D eigenvalue weighted by Gasteiger charge is 2.24. The number of β-amino-alcohol motifs (C(OH)–C–C–N with tert-alkyl or cyclic N) is 1. The van der Waals surface area contributed by atoms with Gasteiger partial charge in [-0.3, -0.25) is 4.90 Å². The van der Waals surface area contributed by atoms with Crippen molar-refractivity contribution in [2.24, 2.45) is 0 Å². The fourth-order valence-corrected chi connectivity index (χ4v) is 6.14. The molecule has 0 fully saturated rings. The molecule has 186 valence electrons. The zero-order chi connectivity index (χ0) is 25.4. The summed E-state index contributed by atoms with van der Waals surface area (Å²) in [4.78, 5) is 2.40. The fraction of sp³-hybridized carbons (Fsp3) is 0.235. The summed E-state index contributed by atoms with van der Waals surface area (Å²) in [6, 6.07) is 34.6. The molecule has 1 aliphatic heterocycles. The summed E-state index contributed by atoms with van der Waals surface area (Å²) in [5.41, 5.74) is 11.3. The molecule has 0 unspecified atom stereocenters. The van der Waals surface area contributed by atoms with Crippen molar-refractivity contribution in [3.05, 3.63) is 119 Å². The summed E-state index contributed by atoms with van der Waals surface area (Å²) >= 11 is 0. The largest absolute Gasteiger partial charge is 0.390 e. The second-order valence-electron chi connectivity index (χ2n) is 10.5. The fourth-order valence-electron chi connectivity index (χ4n) is 6.14. The lowest BCUT2D eigenvalue weighted by molar-refractivity contribution is 0.0931. The molecule has 3 nitrogen and oxygen atoms in total. The molecular formula is C34H34N2O. The Balaban J connectivity index is 1.44. The van der Waals surface area contributed by atoms with E-state index in [-0.39, 0.29) is 0 Å². The van der Waals surface area contributed by atoms with Crippen LogP contribution < -0.4 is 0 Å². The molecule has 1 aromatic heterocycles. The third-order valence-electron chi connectivity index (χ3n) is 7.67. The van der Waals surface area contributed by atoms with Crippen LogP contribution in [0.3, 0.4) is 0 Å². The minimum Gasteiger partial charge on any atom is -0.390 e. The monoisotopic (exact) mass is 486 g/mol. The van der Waals surface area contributed by atoms with E-state index in [1.165, 1.54) is 55.5 Å². The number of aliphatic hydroxyl groups is 1. The molecule has 0 bridgehead atoms. The molecule has 0 radical (unpaired) electrons. The Bertz CT molecular complexity index is 1540. The van der Waals surface area contributed by atoms with Gasteiger partial charge in [-0.15, -0.1) is 0 Å². The number of aromatic nitrogens is 1. The lowest BCUT2D eigenvalue weighted by atomic mass is 9.97.